The third-order valence-corrected chi connectivity index (χ3v) is 10.2. The Hall–Kier alpha value is -5.72. The number of nitrogens with one attached hydrogen (secondary N) is 4. The molecule has 0 fully saturated rings. The molecule has 2 aromatic heterocycles. The number of hydrogen-bond donors (Lipinski definition) is 9. The van der Waals surface area contributed by atoms with Gasteiger partial charge in [-0.1, -0.05) is 54.6 Å². The maximum Gasteiger partial charge on any atom is 1.00 e. The molecule has 0 saturated heterocycles. The third-order valence-electron chi connectivity index (χ3n) is 9.27. The maximum absolute atomic E-state index is 12.7. The summed E-state index contributed by atoms with van der Waals surface area (Å²) in [5.74, 6) is -0.782. The summed E-state index contributed by atoms with van der Waals surface area (Å²) in [5.41, 5.74) is 12.8. The molecule has 1 radical (unpaired) electrons. The predicted molar refractivity (Wildman–Crippen MR) is 259 cm³/mol. The average molecular weight is 1020 g/mol. The van der Waals surface area contributed by atoms with E-state index >= 15 is 0 Å². The number of aliphatic hydroxyl groups is 2. The fourth-order valence-electron chi connectivity index (χ4n) is 6.17. The molecule has 0 bridgehead atoms. The van der Waals surface area contributed by atoms with E-state index in [1.165, 1.54) is 35.3 Å². The quantitative estimate of drug-likeness (QED) is 0.00665. The van der Waals surface area contributed by atoms with Crippen LogP contribution in [0.4, 0.5) is 58.4 Å². The van der Waals surface area contributed by atoms with E-state index in [4.69, 9.17) is 16.4 Å². The number of amides is 2. The topological polar surface area (TPSA) is 343 Å². The maximum atomic E-state index is 12.7. The predicted octanol–water partition coefficient (Wildman–Crippen LogP) is 0.164. The molecule has 0 aliphatic heterocycles. The number of para-hydroxylation sites is 2. The average Bonchev–Trinajstić information content (AvgIpc) is 3.31. The number of thiol groups is 1. The van der Waals surface area contributed by atoms with Crippen LogP contribution in [0, 0.1) is 0 Å². The second kappa shape index (κ2) is 28.2. The molecule has 0 saturated carbocycles. The van der Waals surface area contributed by atoms with E-state index in [-0.39, 0.29) is 164 Å². The van der Waals surface area contributed by atoms with Crippen LogP contribution in [0.25, 0.3) is 12.2 Å². The van der Waals surface area contributed by atoms with Gasteiger partial charge in [-0.25, -0.2) is 8.42 Å². The normalized spacial score (nSPS) is 10.9. The van der Waals surface area contributed by atoms with Crippen LogP contribution in [-0.4, -0.2) is 134 Å². The van der Waals surface area contributed by atoms with Crippen LogP contribution in [0.5, 0.6) is 5.75 Å². The number of nitrogens with two attached hydrogens (primary N) is 2. The van der Waals surface area contributed by atoms with Gasteiger partial charge in [-0.3, -0.25) is 9.59 Å². The molecule has 28 heteroatoms. The number of primary amides is 2. The minimum absolute atomic E-state index is 0. The summed E-state index contributed by atoms with van der Waals surface area (Å²) in [4.78, 5) is 57.9. The summed E-state index contributed by atoms with van der Waals surface area (Å²) in [6.45, 7) is -0.274. The first kappa shape index (κ1) is 56.9. The fraction of sp³-hybridized carbons (Fsp3) is 0.190. The Morgan fingerprint density at radius 2 is 1.04 bits per heavy atom. The molecular formula is C42H45N14Na2O10S2. The zero-order valence-corrected chi connectivity index (χ0v) is 43.5. The summed E-state index contributed by atoms with van der Waals surface area (Å²) in [5, 5.41) is 36.3. The molecule has 0 unspecified atom stereocenters. The van der Waals surface area contributed by atoms with Crippen LogP contribution in [0.1, 0.15) is 24.0 Å². The van der Waals surface area contributed by atoms with E-state index in [9.17, 15) is 32.8 Å². The van der Waals surface area contributed by atoms with Crippen LogP contribution < -0.4 is 77.0 Å². The molecule has 357 valence electrons. The van der Waals surface area contributed by atoms with Gasteiger partial charge in [0, 0.05) is 116 Å². The Bertz CT molecular complexity index is 2810. The van der Waals surface area contributed by atoms with Crippen molar-refractivity contribution in [2.75, 3.05) is 70.5 Å². The second-order valence-corrected chi connectivity index (χ2v) is 15.7. The number of aliphatic hydroxyl groups excluding tert-OH is 2. The Morgan fingerprint density at radius 3 is 1.46 bits per heavy atom. The zero-order chi connectivity index (χ0) is 48.5. The van der Waals surface area contributed by atoms with Gasteiger partial charge in [-0.15, -0.1) is 4.33 Å². The number of anilines is 10. The number of hydrogen-bond acceptors (Lipinski definition) is 23. The van der Waals surface area contributed by atoms with E-state index < -0.39 is 26.8 Å². The molecular weight excluding hydrogens is 971 g/mol. The van der Waals surface area contributed by atoms with Crippen molar-refractivity contribution in [3.05, 3.63) is 108 Å². The van der Waals surface area contributed by atoms with Gasteiger partial charge >= 0.3 is 29.6 Å². The fourth-order valence-corrected chi connectivity index (χ4v) is 6.90. The summed E-state index contributed by atoms with van der Waals surface area (Å²) in [6, 6.07) is 26.7. The molecule has 2 heterocycles. The largest absolute Gasteiger partial charge is 1.00 e. The summed E-state index contributed by atoms with van der Waals surface area (Å²) < 4.78 is 42.5. The molecule has 6 aromatic rings. The minimum atomic E-state index is -5.10. The number of nitrogens with zero attached hydrogens (tertiary/aromatic N) is 8. The number of aromatic nitrogens is 6. The van der Waals surface area contributed by atoms with Gasteiger partial charge in [0.2, 0.25) is 47.5 Å². The molecule has 24 nitrogen and oxygen atoms in total. The number of benzene rings is 4. The SMILES string of the molecule is NC(=O)CCN(CCO)c1nc(Nc2ccccc2)nc(Nc2ccc(/C=C/c3ccc(Nc4nc(Nc5ccccc5)nc(N(CCO)CCC(N)=O)n4)cc3S(=O)(=O)[O-])c(OOOS)c2)n1.[Na+].[Na]. The van der Waals surface area contributed by atoms with E-state index in [0.29, 0.717) is 22.6 Å². The summed E-state index contributed by atoms with van der Waals surface area (Å²) in [6.07, 6.45) is 2.71. The zero-order valence-electron chi connectivity index (χ0n) is 37.8. The van der Waals surface area contributed by atoms with Crippen molar-refractivity contribution < 1.29 is 76.6 Å². The third kappa shape index (κ3) is 17.6. The van der Waals surface area contributed by atoms with Crippen molar-refractivity contribution in [2.45, 2.75) is 17.7 Å². The second-order valence-electron chi connectivity index (χ2n) is 14.2. The first-order chi connectivity index (χ1) is 32.8. The van der Waals surface area contributed by atoms with Gasteiger partial charge in [0.05, 0.1) is 18.1 Å². The Kier molecular flexibility index (Phi) is 22.9. The molecule has 4 aromatic carbocycles. The van der Waals surface area contributed by atoms with E-state index in [0.717, 1.165) is 6.07 Å². The van der Waals surface area contributed by atoms with Crippen molar-refractivity contribution in [2.24, 2.45) is 11.5 Å². The van der Waals surface area contributed by atoms with Crippen molar-refractivity contribution in [3.8, 4) is 5.75 Å². The Morgan fingerprint density at radius 1 is 0.629 bits per heavy atom. The van der Waals surface area contributed by atoms with E-state index in [1.807, 2.05) is 24.3 Å². The number of rotatable bonds is 26. The molecule has 70 heavy (non-hydrogen) atoms. The van der Waals surface area contributed by atoms with E-state index in [1.54, 1.807) is 53.4 Å². The monoisotopic (exact) mass is 1020 g/mol. The van der Waals surface area contributed by atoms with Crippen LogP contribution in [0.15, 0.2) is 102 Å². The van der Waals surface area contributed by atoms with Crippen molar-refractivity contribution in [3.63, 3.8) is 0 Å². The number of carbonyl (C=O) groups is 2. The van der Waals surface area contributed by atoms with Crippen LogP contribution in [0.3, 0.4) is 0 Å². The standard InChI is InChI=1S/C42H46N14O10S2.2Na/c43-35(59)17-19-55(21-23-57)41-51-37(45-29-7-3-1-4-8-29)49-39(53-41)47-31-15-13-27(33(25-31)64-65-66-67)11-12-28-14-16-32(26-34(28)68(61,62)63)48-40-50-38(46-30-9-5-2-6-10-30)52-42(54-40)56(22-24-58)20-18-36(44)60;;/h1-16,25-26,57-58,67H,17-24H2,(H2,43,59)(H2,44,60)(H,61,62,63)(H2,45,47,49,51,53)(H2,46,48,50,52,54);;/q;;+1/p-1/b12-11+;;. The Labute approximate surface area is 451 Å². The van der Waals surface area contributed by atoms with Gasteiger partial charge in [0.25, 0.3) is 0 Å². The molecule has 0 spiro atoms. The van der Waals surface area contributed by atoms with Crippen molar-refractivity contribution in [1.29, 1.82) is 0 Å². The molecule has 0 atom stereocenters. The van der Waals surface area contributed by atoms with Gasteiger partial charge < -0.3 is 62.2 Å². The van der Waals surface area contributed by atoms with Gasteiger partial charge in [0.1, 0.15) is 10.1 Å². The van der Waals surface area contributed by atoms with Crippen LogP contribution >= 0.6 is 12.9 Å². The van der Waals surface area contributed by atoms with Gasteiger partial charge in [0.15, 0.2) is 5.75 Å². The summed E-state index contributed by atoms with van der Waals surface area (Å²) >= 11 is 3.57. The molecule has 2 amide bonds. The van der Waals surface area contributed by atoms with Gasteiger partial charge in [-0.05, 0) is 59.1 Å². The number of carbonyl (C=O) groups excluding carboxylic acids is 2. The van der Waals surface area contributed by atoms with Crippen molar-refractivity contribution >= 4 is 135 Å². The first-order valence-electron chi connectivity index (χ1n) is 20.4. The molecule has 10 N–H and O–H groups in total. The van der Waals surface area contributed by atoms with E-state index in [2.05, 4.69) is 73.5 Å². The molecule has 0 aliphatic rings. The minimum Gasteiger partial charge on any atom is -0.744 e. The molecule has 0 aliphatic carbocycles. The first-order valence-corrected chi connectivity index (χ1v) is 22.1. The smallest absolute Gasteiger partial charge is 0.744 e. The molecule has 6 rings (SSSR count). The van der Waals surface area contributed by atoms with Crippen LogP contribution in [-0.2, 0) is 29.1 Å². The Balaban J connectivity index is 0.00000533. The van der Waals surface area contributed by atoms with Crippen LogP contribution in [0.2, 0.25) is 0 Å². The van der Waals surface area contributed by atoms with Gasteiger partial charge in [-0.2, -0.15) is 29.9 Å². The van der Waals surface area contributed by atoms with Crippen molar-refractivity contribution in [1.82, 2.24) is 29.9 Å². The summed E-state index contributed by atoms with van der Waals surface area (Å²) in [7, 11) is -5.10.